The molecule has 0 unspecified atom stereocenters. The molecule has 5 heteroatoms. The highest BCUT2D eigenvalue weighted by Crippen LogP contribution is 2.09. The first-order chi connectivity index (χ1) is 9.72. The van der Waals surface area contributed by atoms with E-state index in [0.717, 1.165) is 22.4 Å². The third kappa shape index (κ3) is 3.33. The normalized spacial score (nSPS) is 11.6. The van der Waals surface area contributed by atoms with E-state index in [0.29, 0.717) is 13.1 Å². The van der Waals surface area contributed by atoms with Crippen LogP contribution in [0, 0.1) is 6.92 Å². The van der Waals surface area contributed by atoms with Gasteiger partial charge < -0.3 is 16.3 Å². The molecule has 20 heavy (non-hydrogen) atoms. The number of amidine groups is 1. The van der Waals surface area contributed by atoms with Crippen molar-refractivity contribution in [2.45, 2.75) is 20.0 Å². The Kier molecular flexibility index (Phi) is 4.68. The van der Waals surface area contributed by atoms with Crippen LogP contribution < -0.4 is 11.1 Å². The fourth-order valence-corrected chi connectivity index (χ4v) is 2.00. The molecule has 0 radical (unpaired) electrons. The summed E-state index contributed by atoms with van der Waals surface area (Å²) < 4.78 is 0. The maximum Gasteiger partial charge on any atom is 0.170 e. The van der Waals surface area contributed by atoms with Crippen molar-refractivity contribution in [3.05, 3.63) is 65.0 Å². The van der Waals surface area contributed by atoms with Crippen molar-refractivity contribution in [1.29, 1.82) is 0 Å². The molecule has 104 valence electrons. The highest BCUT2D eigenvalue weighted by Gasteiger charge is 2.06. The quantitative estimate of drug-likeness (QED) is 0.335. The standard InChI is InChI=1S/C15H18N4O/c1-11-5-4-8-18-14(11)10-17-9-12-6-2-3-7-13(12)15(16)19-20/h2-8,17,20H,9-10H2,1H3,(H2,16,19). The Labute approximate surface area is 118 Å². The predicted octanol–water partition coefficient (Wildman–Crippen LogP) is 1.77. The first kappa shape index (κ1) is 14.0. The molecule has 0 atom stereocenters. The Hall–Kier alpha value is -2.40. The predicted molar refractivity (Wildman–Crippen MR) is 78.5 cm³/mol. The number of aromatic nitrogens is 1. The van der Waals surface area contributed by atoms with E-state index < -0.39 is 0 Å². The van der Waals surface area contributed by atoms with E-state index >= 15 is 0 Å². The molecule has 0 spiro atoms. The summed E-state index contributed by atoms with van der Waals surface area (Å²) in [7, 11) is 0. The van der Waals surface area contributed by atoms with Crippen molar-refractivity contribution < 1.29 is 5.21 Å². The molecule has 0 saturated carbocycles. The highest BCUT2D eigenvalue weighted by molar-refractivity contribution is 5.98. The lowest BCUT2D eigenvalue weighted by atomic mass is 10.1. The average molecular weight is 270 g/mol. The third-order valence-corrected chi connectivity index (χ3v) is 3.13. The van der Waals surface area contributed by atoms with Gasteiger partial charge in [0.05, 0.1) is 5.69 Å². The van der Waals surface area contributed by atoms with Gasteiger partial charge in [0, 0.05) is 24.8 Å². The van der Waals surface area contributed by atoms with Gasteiger partial charge in [-0.05, 0) is 24.1 Å². The summed E-state index contributed by atoms with van der Waals surface area (Å²) in [5.41, 5.74) is 9.56. The molecule has 0 fully saturated rings. The molecule has 0 saturated heterocycles. The van der Waals surface area contributed by atoms with Crippen LogP contribution in [-0.4, -0.2) is 16.0 Å². The van der Waals surface area contributed by atoms with E-state index in [1.807, 2.05) is 43.3 Å². The minimum atomic E-state index is 0.122. The second-order valence-electron chi connectivity index (χ2n) is 4.51. The SMILES string of the molecule is Cc1cccnc1CNCc1ccccc1C(N)=NO. The third-order valence-electron chi connectivity index (χ3n) is 3.13. The minimum absolute atomic E-state index is 0.122. The molecular weight excluding hydrogens is 252 g/mol. The number of nitrogens with two attached hydrogens (primary N) is 1. The van der Waals surface area contributed by atoms with Gasteiger partial charge in [0.1, 0.15) is 0 Å². The number of aryl methyl sites for hydroxylation is 1. The first-order valence-corrected chi connectivity index (χ1v) is 6.39. The fourth-order valence-electron chi connectivity index (χ4n) is 2.00. The van der Waals surface area contributed by atoms with E-state index in [2.05, 4.69) is 15.5 Å². The average Bonchev–Trinajstić information content (AvgIpc) is 2.49. The Morgan fingerprint density at radius 2 is 2.05 bits per heavy atom. The second kappa shape index (κ2) is 6.68. The van der Waals surface area contributed by atoms with Crippen LogP contribution >= 0.6 is 0 Å². The number of benzene rings is 1. The van der Waals surface area contributed by atoms with Crippen LogP contribution in [0.2, 0.25) is 0 Å². The molecule has 0 aliphatic rings. The number of nitrogens with zero attached hydrogens (tertiary/aromatic N) is 2. The molecular formula is C15H18N4O. The maximum absolute atomic E-state index is 8.79. The van der Waals surface area contributed by atoms with Crippen molar-refractivity contribution in [3.8, 4) is 0 Å². The first-order valence-electron chi connectivity index (χ1n) is 6.39. The van der Waals surface area contributed by atoms with Crippen LogP contribution in [0.15, 0.2) is 47.8 Å². The van der Waals surface area contributed by atoms with Gasteiger partial charge in [-0.15, -0.1) is 0 Å². The molecule has 1 aromatic carbocycles. The molecule has 1 aromatic heterocycles. The van der Waals surface area contributed by atoms with Crippen LogP contribution in [0.4, 0.5) is 0 Å². The summed E-state index contributed by atoms with van der Waals surface area (Å²) in [6.07, 6.45) is 1.79. The summed E-state index contributed by atoms with van der Waals surface area (Å²) in [5.74, 6) is 0.122. The van der Waals surface area contributed by atoms with Gasteiger partial charge in [0.2, 0.25) is 0 Å². The van der Waals surface area contributed by atoms with Crippen molar-refractivity contribution >= 4 is 5.84 Å². The number of rotatable bonds is 5. The Bertz CT molecular complexity index is 610. The van der Waals surface area contributed by atoms with Crippen molar-refractivity contribution in [2.75, 3.05) is 0 Å². The number of hydrogen-bond donors (Lipinski definition) is 3. The van der Waals surface area contributed by atoms with E-state index in [-0.39, 0.29) is 5.84 Å². The lowest BCUT2D eigenvalue weighted by molar-refractivity contribution is 0.318. The molecule has 2 rings (SSSR count). The maximum atomic E-state index is 8.79. The van der Waals surface area contributed by atoms with E-state index in [4.69, 9.17) is 10.9 Å². The van der Waals surface area contributed by atoms with E-state index in [1.54, 1.807) is 6.20 Å². The summed E-state index contributed by atoms with van der Waals surface area (Å²) in [5, 5.41) is 15.2. The van der Waals surface area contributed by atoms with Crippen LogP contribution in [0.3, 0.4) is 0 Å². The zero-order valence-corrected chi connectivity index (χ0v) is 11.4. The number of oxime groups is 1. The van der Waals surface area contributed by atoms with Gasteiger partial charge in [-0.2, -0.15) is 0 Å². The lowest BCUT2D eigenvalue weighted by Gasteiger charge is -2.10. The van der Waals surface area contributed by atoms with Gasteiger partial charge in [-0.1, -0.05) is 35.5 Å². The summed E-state index contributed by atoms with van der Waals surface area (Å²) >= 11 is 0. The highest BCUT2D eigenvalue weighted by atomic mass is 16.4. The molecule has 0 aliphatic heterocycles. The van der Waals surface area contributed by atoms with Gasteiger partial charge >= 0.3 is 0 Å². The lowest BCUT2D eigenvalue weighted by Crippen LogP contribution is -2.20. The van der Waals surface area contributed by atoms with Crippen LogP contribution in [0.5, 0.6) is 0 Å². The zero-order chi connectivity index (χ0) is 14.4. The summed E-state index contributed by atoms with van der Waals surface area (Å²) in [6.45, 7) is 3.34. The zero-order valence-electron chi connectivity index (χ0n) is 11.4. The Morgan fingerprint density at radius 3 is 2.80 bits per heavy atom. The fraction of sp³-hybridized carbons (Fsp3) is 0.200. The Morgan fingerprint density at radius 1 is 1.25 bits per heavy atom. The number of hydrogen-bond acceptors (Lipinski definition) is 4. The molecule has 2 aromatic rings. The molecule has 5 nitrogen and oxygen atoms in total. The topological polar surface area (TPSA) is 83.5 Å². The van der Waals surface area contributed by atoms with Gasteiger partial charge in [-0.25, -0.2) is 0 Å². The number of nitrogens with one attached hydrogen (secondary N) is 1. The largest absolute Gasteiger partial charge is 0.409 e. The smallest absolute Gasteiger partial charge is 0.170 e. The van der Waals surface area contributed by atoms with Crippen molar-refractivity contribution in [1.82, 2.24) is 10.3 Å². The van der Waals surface area contributed by atoms with Crippen LogP contribution in [0.25, 0.3) is 0 Å². The van der Waals surface area contributed by atoms with E-state index in [9.17, 15) is 0 Å². The number of pyridine rings is 1. The molecule has 0 bridgehead atoms. The van der Waals surface area contributed by atoms with Crippen LogP contribution in [-0.2, 0) is 13.1 Å². The molecule has 4 N–H and O–H groups in total. The molecule has 0 amide bonds. The van der Waals surface area contributed by atoms with Gasteiger partial charge in [0.25, 0.3) is 0 Å². The van der Waals surface area contributed by atoms with Gasteiger partial charge in [0.15, 0.2) is 5.84 Å². The summed E-state index contributed by atoms with van der Waals surface area (Å²) in [4.78, 5) is 4.33. The van der Waals surface area contributed by atoms with Crippen molar-refractivity contribution in [2.24, 2.45) is 10.9 Å². The van der Waals surface area contributed by atoms with E-state index in [1.165, 1.54) is 0 Å². The second-order valence-corrected chi connectivity index (χ2v) is 4.51. The van der Waals surface area contributed by atoms with Crippen LogP contribution in [0.1, 0.15) is 22.4 Å². The summed E-state index contributed by atoms with van der Waals surface area (Å²) in [6, 6.07) is 11.5. The minimum Gasteiger partial charge on any atom is -0.409 e. The monoisotopic (exact) mass is 270 g/mol. The Balaban J connectivity index is 2.03. The molecule has 1 heterocycles. The van der Waals surface area contributed by atoms with Gasteiger partial charge in [-0.3, -0.25) is 4.98 Å². The van der Waals surface area contributed by atoms with Crippen molar-refractivity contribution in [3.63, 3.8) is 0 Å². The molecule has 0 aliphatic carbocycles.